The summed E-state index contributed by atoms with van der Waals surface area (Å²) in [6.07, 6.45) is 2.43. The number of H-pyrrole nitrogens is 1. The molecule has 9 heteroatoms. The van der Waals surface area contributed by atoms with Crippen molar-refractivity contribution in [2.24, 2.45) is 0 Å². The van der Waals surface area contributed by atoms with Crippen molar-refractivity contribution >= 4 is 38.5 Å². The molecule has 1 heterocycles. The molecule has 1 atom stereocenters. The SMILES string of the molecule is Cc1ccc(S(=O)(=O)N(C)C)cc1NC(=O)C(C)OC(=O)CCCc1c[nH]c2ccccc12. The molecule has 0 saturated heterocycles. The molecule has 0 radical (unpaired) electrons. The highest BCUT2D eigenvalue weighted by atomic mass is 32.2. The smallest absolute Gasteiger partial charge is 0.306 e. The fourth-order valence-corrected chi connectivity index (χ4v) is 4.34. The average molecular weight is 472 g/mol. The lowest BCUT2D eigenvalue weighted by molar-refractivity contribution is -0.153. The molecule has 0 spiro atoms. The lowest BCUT2D eigenvalue weighted by Gasteiger charge is -2.17. The van der Waals surface area contributed by atoms with Crippen LogP contribution in [0.2, 0.25) is 0 Å². The average Bonchev–Trinajstić information content (AvgIpc) is 3.18. The van der Waals surface area contributed by atoms with Crippen LogP contribution < -0.4 is 5.32 Å². The summed E-state index contributed by atoms with van der Waals surface area (Å²) in [5.41, 5.74) is 3.23. The summed E-state index contributed by atoms with van der Waals surface area (Å²) in [5, 5.41) is 3.79. The van der Waals surface area contributed by atoms with Gasteiger partial charge in [0.15, 0.2) is 6.10 Å². The molecule has 33 heavy (non-hydrogen) atoms. The van der Waals surface area contributed by atoms with Gasteiger partial charge in [0.1, 0.15) is 0 Å². The monoisotopic (exact) mass is 471 g/mol. The van der Waals surface area contributed by atoms with Gasteiger partial charge in [-0.25, -0.2) is 12.7 Å². The van der Waals surface area contributed by atoms with Crippen molar-refractivity contribution in [1.29, 1.82) is 0 Å². The number of nitrogens with one attached hydrogen (secondary N) is 2. The lowest BCUT2D eigenvalue weighted by atomic mass is 10.1. The van der Waals surface area contributed by atoms with Gasteiger partial charge in [0, 0.05) is 43.3 Å². The van der Waals surface area contributed by atoms with E-state index in [1.165, 1.54) is 33.2 Å². The van der Waals surface area contributed by atoms with E-state index in [4.69, 9.17) is 4.74 Å². The Hall–Kier alpha value is -3.17. The van der Waals surface area contributed by atoms with Crippen LogP contribution in [0.15, 0.2) is 53.6 Å². The number of anilines is 1. The van der Waals surface area contributed by atoms with E-state index in [9.17, 15) is 18.0 Å². The van der Waals surface area contributed by atoms with Gasteiger partial charge in [-0.05, 0) is 56.0 Å². The number of amides is 1. The van der Waals surface area contributed by atoms with E-state index >= 15 is 0 Å². The number of rotatable bonds is 9. The minimum atomic E-state index is -3.64. The van der Waals surface area contributed by atoms with E-state index < -0.39 is 28.0 Å². The van der Waals surface area contributed by atoms with Gasteiger partial charge in [0.25, 0.3) is 5.91 Å². The molecule has 176 valence electrons. The molecule has 3 aromatic rings. The first-order valence-electron chi connectivity index (χ1n) is 10.7. The zero-order valence-corrected chi connectivity index (χ0v) is 20.0. The lowest BCUT2D eigenvalue weighted by Crippen LogP contribution is -2.30. The third-order valence-corrected chi connectivity index (χ3v) is 7.24. The second-order valence-corrected chi connectivity index (χ2v) is 10.3. The van der Waals surface area contributed by atoms with Crippen LogP contribution in [0, 0.1) is 6.92 Å². The van der Waals surface area contributed by atoms with E-state index in [0.29, 0.717) is 24.1 Å². The van der Waals surface area contributed by atoms with E-state index in [1.807, 2.05) is 30.5 Å². The number of nitrogens with zero attached hydrogens (tertiary/aromatic N) is 1. The Labute approximate surface area is 194 Å². The molecule has 0 saturated carbocycles. The largest absolute Gasteiger partial charge is 0.453 e. The predicted octanol–water partition coefficient (Wildman–Crippen LogP) is 3.62. The molecule has 0 fully saturated rings. The fourth-order valence-electron chi connectivity index (χ4n) is 3.41. The van der Waals surface area contributed by atoms with Crippen molar-refractivity contribution in [1.82, 2.24) is 9.29 Å². The van der Waals surface area contributed by atoms with Gasteiger partial charge in [-0.3, -0.25) is 9.59 Å². The number of ether oxygens (including phenoxy) is 1. The van der Waals surface area contributed by atoms with Gasteiger partial charge in [0.05, 0.1) is 4.90 Å². The maximum Gasteiger partial charge on any atom is 0.306 e. The number of esters is 1. The van der Waals surface area contributed by atoms with Gasteiger partial charge in [-0.1, -0.05) is 24.3 Å². The molecule has 1 unspecified atom stereocenters. The third kappa shape index (κ3) is 5.80. The Balaban J connectivity index is 1.54. The maximum absolute atomic E-state index is 12.5. The Morgan fingerprint density at radius 2 is 1.88 bits per heavy atom. The number of benzene rings is 2. The van der Waals surface area contributed by atoms with Crippen LogP contribution in [0.5, 0.6) is 0 Å². The highest BCUT2D eigenvalue weighted by Crippen LogP contribution is 2.23. The summed E-state index contributed by atoms with van der Waals surface area (Å²) in [6.45, 7) is 3.24. The molecule has 0 bridgehead atoms. The van der Waals surface area contributed by atoms with Crippen molar-refractivity contribution in [2.75, 3.05) is 19.4 Å². The number of hydrogen-bond donors (Lipinski definition) is 2. The first-order valence-corrected chi connectivity index (χ1v) is 12.1. The fraction of sp³-hybridized carbons (Fsp3) is 0.333. The van der Waals surface area contributed by atoms with E-state index in [-0.39, 0.29) is 11.3 Å². The zero-order valence-electron chi connectivity index (χ0n) is 19.2. The molecule has 0 aliphatic rings. The molecular weight excluding hydrogens is 442 g/mol. The molecule has 8 nitrogen and oxygen atoms in total. The summed E-state index contributed by atoms with van der Waals surface area (Å²) in [7, 11) is -0.764. The first-order chi connectivity index (χ1) is 15.6. The third-order valence-electron chi connectivity index (χ3n) is 5.42. The van der Waals surface area contributed by atoms with E-state index in [0.717, 1.165) is 20.8 Å². The summed E-state index contributed by atoms with van der Waals surface area (Å²) in [4.78, 5) is 28.1. The molecule has 2 N–H and O–H groups in total. The van der Waals surface area contributed by atoms with Crippen LogP contribution in [0.4, 0.5) is 5.69 Å². The second kappa shape index (κ2) is 10.2. The second-order valence-electron chi connectivity index (χ2n) is 8.10. The van der Waals surface area contributed by atoms with Crippen LogP contribution in [0.3, 0.4) is 0 Å². The molecule has 1 amide bonds. The molecular formula is C24H29N3O5S. The van der Waals surface area contributed by atoms with Crippen LogP contribution in [0.25, 0.3) is 10.9 Å². The molecule has 0 aliphatic carbocycles. The number of aryl methyl sites for hydroxylation is 2. The van der Waals surface area contributed by atoms with E-state index in [1.54, 1.807) is 13.0 Å². The molecule has 3 rings (SSSR count). The van der Waals surface area contributed by atoms with Crippen molar-refractivity contribution in [3.05, 3.63) is 59.8 Å². The standard InChI is InChI=1S/C24H29N3O5S/c1-16-12-13-19(33(30,31)27(3)4)14-22(16)26-24(29)17(2)32-23(28)11-7-8-18-15-25-21-10-6-5-9-20(18)21/h5-6,9-10,12-15,17,25H,7-8,11H2,1-4H3,(H,26,29). The minimum absolute atomic E-state index is 0.0651. The summed E-state index contributed by atoms with van der Waals surface area (Å²) < 4.78 is 31.1. The van der Waals surface area contributed by atoms with Crippen molar-refractivity contribution in [3.63, 3.8) is 0 Å². The number of carbonyl (C=O) groups excluding carboxylic acids is 2. The number of para-hydroxylation sites is 1. The van der Waals surface area contributed by atoms with Gasteiger partial charge >= 0.3 is 5.97 Å². The minimum Gasteiger partial charge on any atom is -0.453 e. The van der Waals surface area contributed by atoms with Gasteiger partial charge in [-0.15, -0.1) is 0 Å². The zero-order chi connectivity index (χ0) is 24.2. The predicted molar refractivity (Wildman–Crippen MR) is 127 cm³/mol. The van der Waals surface area contributed by atoms with Crippen molar-refractivity contribution in [2.45, 2.75) is 44.1 Å². The number of aromatic amines is 1. The molecule has 1 aromatic heterocycles. The van der Waals surface area contributed by atoms with Gasteiger partial charge in [0.2, 0.25) is 10.0 Å². The Kier molecular flexibility index (Phi) is 7.55. The Morgan fingerprint density at radius 1 is 1.15 bits per heavy atom. The van der Waals surface area contributed by atoms with Crippen molar-refractivity contribution < 1.29 is 22.7 Å². The molecule has 2 aromatic carbocycles. The number of sulfonamides is 1. The Morgan fingerprint density at radius 3 is 2.61 bits per heavy atom. The van der Waals surface area contributed by atoms with Crippen LogP contribution in [-0.2, 0) is 30.8 Å². The normalized spacial score (nSPS) is 12.6. The highest BCUT2D eigenvalue weighted by molar-refractivity contribution is 7.89. The number of carbonyl (C=O) groups is 2. The van der Waals surface area contributed by atoms with Gasteiger partial charge in [-0.2, -0.15) is 0 Å². The Bertz CT molecular complexity index is 1260. The number of fused-ring (bicyclic) bond motifs is 1. The summed E-state index contributed by atoms with van der Waals surface area (Å²) in [5.74, 6) is -0.986. The quantitative estimate of drug-likeness (QED) is 0.464. The van der Waals surface area contributed by atoms with Crippen molar-refractivity contribution in [3.8, 4) is 0 Å². The first kappa shape index (κ1) is 24.5. The van der Waals surface area contributed by atoms with E-state index in [2.05, 4.69) is 10.3 Å². The number of hydrogen-bond acceptors (Lipinski definition) is 5. The van der Waals surface area contributed by atoms with Crippen LogP contribution >= 0.6 is 0 Å². The summed E-state index contributed by atoms with van der Waals surface area (Å²) >= 11 is 0. The van der Waals surface area contributed by atoms with Gasteiger partial charge < -0.3 is 15.0 Å². The van der Waals surface area contributed by atoms with Crippen LogP contribution in [0.1, 0.15) is 30.9 Å². The molecule has 0 aliphatic heterocycles. The van der Waals surface area contributed by atoms with Crippen LogP contribution in [-0.4, -0.2) is 49.8 Å². The topological polar surface area (TPSA) is 109 Å². The highest BCUT2D eigenvalue weighted by Gasteiger charge is 2.21. The summed E-state index contributed by atoms with van der Waals surface area (Å²) in [6, 6.07) is 12.5. The number of aromatic nitrogens is 1. The maximum atomic E-state index is 12.5.